The van der Waals surface area contributed by atoms with Gasteiger partial charge in [-0.15, -0.1) is 0 Å². The fourth-order valence-electron chi connectivity index (χ4n) is 3.77. The maximum Gasteiger partial charge on any atom is 0.416 e. The van der Waals surface area contributed by atoms with Gasteiger partial charge in [0.05, 0.1) is 16.1 Å². The number of pyridine rings is 2. The van der Waals surface area contributed by atoms with Gasteiger partial charge in [0, 0.05) is 44.1 Å². The van der Waals surface area contributed by atoms with Crippen LogP contribution in [0.3, 0.4) is 0 Å². The Balaban J connectivity index is 1.62. The van der Waals surface area contributed by atoms with Gasteiger partial charge in [0.25, 0.3) is 0 Å². The molecule has 10 heteroatoms. The molecule has 2 atom stereocenters. The highest BCUT2D eigenvalue weighted by Crippen LogP contribution is 2.34. The Hall–Kier alpha value is -2.56. The largest absolute Gasteiger partial charge is 0.416 e. The number of aromatic nitrogens is 3. The average molecular weight is 449 g/mol. The van der Waals surface area contributed by atoms with Gasteiger partial charge >= 0.3 is 6.18 Å². The molecular formula is C21H23F3N6S. The predicted molar refractivity (Wildman–Crippen MR) is 115 cm³/mol. The molecule has 4 heterocycles. The standard InChI is InChI=1S/C21H23F3N6S/c1-13-10-30(11-14(2)27-13)12-17-19(16-5-3-4-7-25-16)29-20(31-17)28-18-9-15(6-8-26-18)21(22,23)24/h3-9,13-14,27H,10-12H2,1-2H3,(H,26,28,29)/t13-,14+. The number of alkyl halides is 3. The molecule has 0 radical (unpaired) electrons. The van der Waals surface area contributed by atoms with Gasteiger partial charge in [0.15, 0.2) is 5.13 Å². The van der Waals surface area contributed by atoms with Crippen molar-refractivity contribution in [2.45, 2.75) is 38.7 Å². The summed E-state index contributed by atoms with van der Waals surface area (Å²) in [5.41, 5.74) is 0.712. The van der Waals surface area contributed by atoms with Crippen LogP contribution in [0.4, 0.5) is 24.1 Å². The second-order valence-electron chi connectivity index (χ2n) is 7.72. The summed E-state index contributed by atoms with van der Waals surface area (Å²) in [7, 11) is 0. The highest BCUT2D eigenvalue weighted by atomic mass is 32.1. The maximum absolute atomic E-state index is 13.0. The number of hydrogen-bond acceptors (Lipinski definition) is 7. The van der Waals surface area contributed by atoms with Crippen molar-refractivity contribution in [2.24, 2.45) is 0 Å². The van der Waals surface area contributed by atoms with E-state index >= 15 is 0 Å². The topological polar surface area (TPSA) is 66.0 Å². The third kappa shape index (κ3) is 5.38. The lowest BCUT2D eigenvalue weighted by atomic mass is 10.1. The van der Waals surface area contributed by atoms with Crippen LogP contribution in [0.25, 0.3) is 11.4 Å². The zero-order chi connectivity index (χ0) is 22.0. The van der Waals surface area contributed by atoms with Gasteiger partial charge in [-0.3, -0.25) is 9.88 Å². The molecule has 0 saturated carbocycles. The quantitative estimate of drug-likeness (QED) is 0.597. The molecule has 3 aromatic heterocycles. The molecule has 2 N–H and O–H groups in total. The second kappa shape index (κ2) is 8.89. The molecule has 0 aromatic carbocycles. The van der Waals surface area contributed by atoms with Crippen LogP contribution in [-0.2, 0) is 12.7 Å². The van der Waals surface area contributed by atoms with Crippen LogP contribution in [0.2, 0.25) is 0 Å². The maximum atomic E-state index is 13.0. The van der Waals surface area contributed by atoms with E-state index in [2.05, 4.69) is 44.3 Å². The summed E-state index contributed by atoms with van der Waals surface area (Å²) in [6.07, 6.45) is -1.58. The van der Waals surface area contributed by atoms with E-state index < -0.39 is 11.7 Å². The minimum absolute atomic E-state index is 0.104. The summed E-state index contributed by atoms with van der Waals surface area (Å²) in [6, 6.07) is 8.30. The van der Waals surface area contributed by atoms with E-state index in [0.717, 1.165) is 47.7 Å². The lowest BCUT2D eigenvalue weighted by Crippen LogP contribution is -2.53. The SMILES string of the molecule is C[C@@H]1CN(Cc2sc(Nc3cc(C(F)(F)F)ccn3)nc2-c2ccccn2)C[C@H](C)N1. The molecule has 4 rings (SSSR count). The fourth-order valence-corrected chi connectivity index (χ4v) is 4.79. The van der Waals surface area contributed by atoms with Crippen molar-refractivity contribution in [2.75, 3.05) is 18.4 Å². The Kier molecular flexibility index (Phi) is 6.22. The Morgan fingerprint density at radius 2 is 1.90 bits per heavy atom. The smallest absolute Gasteiger partial charge is 0.316 e. The van der Waals surface area contributed by atoms with Gasteiger partial charge in [0.1, 0.15) is 11.5 Å². The van der Waals surface area contributed by atoms with Gasteiger partial charge in [-0.2, -0.15) is 13.2 Å². The Morgan fingerprint density at radius 3 is 2.58 bits per heavy atom. The average Bonchev–Trinajstić information content (AvgIpc) is 3.09. The lowest BCUT2D eigenvalue weighted by Gasteiger charge is -2.35. The molecule has 3 aromatic rings. The molecule has 0 bridgehead atoms. The second-order valence-corrected chi connectivity index (χ2v) is 8.80. The van der Waals surface area contributed by atoms with Gasteiger partial charge < -0.3 is 10.6 Å². The summed E-state index contributed by atoms with van der Waals surface area (Å²) in [6.45, 7) is 6.81. The number of halogens is 3. The summed E-state index contributed by atoms with van der Waals surface area (Å²) < 4.78 is 39.1. The Bertz CT molecular complexity index is 1010. The van der Waals surface area contributed by atoms with E-state index in [0.29, 0.717) is 23.8 Å². The van der Waals surface area contributed by atoms with Crippen LogP contribution in [0.15, 0.2) is 42.7 Å². The third-order valence-corrected chi connectivity index (χ3v) is 5.88. The summed E-state index contributed by atoms with van der Waals surface area (Å²) in [5, 5.41) is 6.94. The van der Waals surface area contributed by atoms with E-state index in [1.54, 1.807) is 6.20 Å². The number of nitrogens with one attached hydrogen (secondary N) is 2. The van der Waals surface area contributed by atoms with Crippen LogP contribution < -0.4 is 10.6 Å². The first-order chi connectivity index (χ1) is 14.8. The van der Waals surface area contributed by atoms with Crippen LogP contribution in [-0.4, -0.2) is 45.0 Å². The van der Waals surface area contributed by atoms with Gasteiger partial charge in [-0.1, -0.05) is 17.4 Å². The highest BCUT2D eigenvalue weighted by Gasteiger charge is 2.31. The molecule has 1 fully saturated rings. The van der Waals surface area contributed by atoms with Gasteiger partial charge in [-0.05, 0) is 38.1 Å². The van der Waals surface area contributed by atoms with Gasteiger partial charge in [-0.25, -0.2) is 9.97 Å². The van der Waals surface area contributed by atoms with Crippen molar-refractivity contribution < 1.29 is 13.2 Å². The summed E-state index contributed by atoms with van der Waals surface area (Å²) >= 11 is 1.41. The molecule has 0 spiro atoms. The van der Waals surface area contributed by atoms with E-state index in [4.69, 9.17) is 0 Å². The van der Waals surface area contributed by atoms with Crippen LogP contribution >= 0.6 is 11.3 Å². The molecule has 164 valence electrons. The van der Waals surface area contributed by atoms with Crippen LogP contribution in [0, 0.1) is 0 Å². The van der Waals surface area contributed by atoms with Crippen molar-refractivity contribution in [3.8, 4) is 11.4 Å². The van der Waals surface area contributed by atoms with Crippen molar-refractivity contribution >= 4 is 22.3 Å². The van der Waals surface area contributed by atoms with E-state index in [1.165, 1.54) is 11.3 Å². The molecule has 31 heavy (non-hydrogen) atoms. The molecule has 0 unspecified atom stereocenters. The van der Waals surface area contributed by atoms with Crippen LogP contribution in [0.5, 0.6) is 0 Å². The van der Waals surface area contributed by atoms with Crippen molar-refractivity contribution in [3.05, 3.63) is 53.2 Å². The molecule has 1 aliphatic heterocycles. The number of hydrogen-bond donors (Lipinski definition) is 2. The van der Waals surface area contributed by atoms with Crippen molar-refractivity contribution in [1.29, 1.82) is 0 Å². The fraction of sp³-hybridized carbons (Fsp3) is 0.381. The monoisotopic (exact) mass is 448 g/mol. The van der Waals surface area contributed by atoms with Crippen LogP contribution in [0.1, 0.15) is 24.3 Å². The minimum Gasteiger partial charge on any atom is -0.316 e. The number of thiazole rings is 1. The van der Waals surface area contributed by atoms with Gasteiger partial charge in [0.2, 0.25) is 0 Å². The molecule has 1 saturated heterocycles. The molecule has 1 aliphatic rings. The molecule has 0 aliphatic carbocycles. The summed E-state index contributed by atoms with van der Waals surface area (Å²) in [4.78, 5) is 16.5. The zero-order valence-electron chi connectivity index (χ0n) is 17.1. The first-order valence-electron chi connectivity index (χ1n) is 9.97. The first-order valence-corrected chi connectivity index (χ1v) is 10.8. The number of piperazine rings is 1. The first kappa shape index (κ1) is 21.7. The number of rotatable bonds is 5. The van der Waals surface area contributed by atoms with Crippen molar-refractivity contribution in [3.63, 3.8) is 0 Å². The molecule has 6 nitrogen and oxygen atoms in total. The minimum atomic E-state index is -4.43. The normalized spacial score (nSPS) is 20.0. The Morgan fingerprint density at radius 1 is 1.13 bits per heavy atom. The van der Waals surface area contributed by atoms with E-state index in [1.807, 2.05) is 18.2 Å². The predicted octanol–water partition coefficient (Wildman–Crippen LogP) is 4.54. The number of anilines is 2. The molecule has 0 amide bonds. The van der Waals surface area contributed by atoms with E-state index in [9.17, 15) is 13.2 Å². The molecular weight excluding hydrogens is 425 g/mol. The third-order valence-electron chi connectivity index (χ3n) is 4.93. The highest BCUT2D eigenvalue weighted by molar-refractivity contribution is 7.16. The Labute approximate surface area is 182 Å². The zero-order valence-corrected chi connectivity index (χ0v) is 18.0. The number of nitrogens with zero attached hydrogens (tertiary/aromatic N) is 4. The lowest BCUT2D eigenvalue weighted by molar-refractivity contribution is -0.137. The summed E-state index contributed by atoms with van der Waals surface area (Å²) in [5.74, 6) is 0.104. The van der Waals surface area contributed by atoms with E-state index in [-0.39, 0.29) is 5.82 Å². The van der Waals surface area contributed by atoms with Crippen molar-refractivity contribution in [1.82, 2.24) is 25.2 Å².